The molecule has 0 radical (unpaired) electrons. The Kier molecular flexibility index (Phi) is 4.10. The molecule has 0 atom stereocenters. The summed E-state index contributed by atoms with van der Waals surface area (Å²) in [6.07, 6.45) is 1.23. The molecule has 4 nitrogen and oxygen atoms in total. The summed E-state index contributed by atoms with van der Waals surface area (Å²) in [5.41, 5.74) is 2.90. The second kappa shape index (κ2) is 5.95. The summed E-state index contributed by atoms with van der Waals surface area (Å²) in [4.78, 5) is 16.9. The van der Waals surface area contributed by atoms with Gasteiger partial charge in [0, 0.05) is 23.2 Å². The van der Waals surface area contributed by atoms with Crippen LogP contribution in [0.25, 0.3) is 22.2 Å². The number of hydrogen-bond donors (Lipinski definition) is 0. The van der Waals surface area contributed by atoms with Crippen LogP contribution in [0.3, 0.4) is 0 Å². The van der Waals surface area contributed by atoms with Gasteiger partial charge in [-0.2, -0.15) is 0 Å². The summed E-state index contributed by atoms with van der Waals surface area (Å²) in [5, 5.41) is 1.17. The van der Waals surface area contributed by atoms with Crippen molar-refractivity contribution in [3.63, 3.8) is 0 Å². The smallest absolute Gasteiger partial charge is 0.419 e. The number of fused-ring (bicyclic) bond motifs is 1. The van der Waals surface area contributed by atoms with Crippen LogP contribution in [0.4, 0.5) is 4.79 Å². The summed E-state index contributed by atoms with van der Waals surface area (Å²) < 4.78 is 7.16. The second-order valence-corrected chi connectivity index (χ2v) is 7.11. The Labute approximate surface area is 146 Å². The Hall–Kier alpha value is -2.33. The van der Waals surface area contributed by atoms with E-state index in [0.717, 1.165) is 22.2 Å². The van der Waals surface area contributed by atoms with Crippen LogP contribution in [-0.2, 0) is 4.74 Å². The SMILES string of the molecule is Cc1ccccc1-c1cc2cnc(Cl)cc2n1C(=O)OC(C)(C)C. The van der Waals surface area contributed by atoms with Crippen molar-refractivity contribution >= 4 is 28.6 Å². The first-order valence-corrected chi connectivity index (χ1v) is 8.10. The van der Waals surface area contributed by atoms with Crippen LogP contribution in [0, 0.1) is 6.92 Å². The van der Waals surface area contributed by atoms with Gasteiger partial charge in [0.05, 0.1) is 11.2 Å². The van der Waals surface area contributed by atoms with Crippen molar-refractivity contribution < 1.29 is 9.53 Å². The molecule has 0 saturated heterocycles. The normalized spacial score (nSPS) is 11.7. The maximum absolute atomic E-state index is 12.8. The van der Waals surface area contributed by atoms with Gasteiger partial charge in [0.15, 0.2) is 0 Å². The van der Waals surface area contributed by atoms with Crippen LogP contribution >= 0.6 is 11.6 Å². The van der Waals surface area contributed by atoms with E-state index in [9.17, 15) is 4.79 Å². The maximum Gasteiger partial charge on any atom is 0.419 e. The van der Waals surface area contributed by atoms with Crippen molar-refractivity contribution in [1.82, 2.24) is 9.55 Å². The van der Waals surface area contributed by atoms with Crippen LogP contribution in [0.5, 0.6) is 0 Å². The third-order valence-electron chi connectivity index (χ3n) is 3.65. The molecular formula is C19H19ClN2O2. The first-order chi connectivity index (χ1) is 11.3. The third-order valence-corrected chi connectivity index (χ3v) is 3.86. The Morgan fingerprint density at radius 1 is 1.21 bits per heavy atom. The van der Waals surface area contributed by atoms with E-state index in [-0.39, 0.29) is 0 Å². The number of nitrogens with zero attached hydrogens (tertiary/aromatic N) is 2. The van der Waals surface area contributed by atoms with Crippen molar-refractivity contribution in [2.24, 2.45) is 0 Å². The number of halogens is 1. The number of rotatable bonds is 1. The van der Waals surface area contributed by atoms with Gasteiger partial charge in [-0.3, -0.25) is 0 Å². The highest BCUT2D eigenvalue weighted by Gasteiger charge is 2.23. The lowest BCUT2D eigenvalue weighted by atomic mass is 10.1. The Balaban J connectivity index is 2.27. The quantitative estimate of drug-likeness (QED) is 0.552. The van der Waals surface area contributed by atoms with Gasteiger partial charge in [-0.25, -0.2) is 14.3 Å². The lowest BCUT2D eigenvalue weighted by molar-refractivity contribution is 0.0547. The van der Waals surface area contributed by atoms with Crippen LogP contribution in [0.1, 0.15) is 26.3 Å². The molecule has 0 amide bonds. The molecule has 124 valence electrons. The first kappa shape index (κ1) is 16.5. The van der Waals surface area contributed by atoms with E-state index >= 15 is 0 Å². The number of hydrogen-bond acceptors (Lipinski definition) is 3. The van der Waals surface area contributed by atoms with Gasteiger partial charge in [0.2, 0.25) is 0 Å². The third kappa shape index (κ3) is 3.15. The first-order valence-electron chi connectivity index (χ1n) is 7.72. The Morgan fingerprint density at radius 3 is 2.58 bits per heavy atom. The average molecular weight is 343 g/mol. The fourth-order valence-corrected chi connectivity index (χ4v) is 2.79. The monoisotopic (exact) mass is 342 g/mol. The average Bonchev–Trinajstić information content (AvgIpc) is 2.84. The highest BCUT2D eigenvalue weighted by molar-refractivity contribution is 6.30. The fraction of sp³-hybridized carbons (Fsp3) is 0.263. The Morgan fingerprint density at radius 2 is 1.92 bits per heavy atom. The molecule has 2 heterocycles. The number of carbonyl (C=O) groups is 1. The summed E-state index contributed by atoms with van der Waals surface area (Å²) >= 11 is 6.04. The predicted molar refractivity (Wildman–Crippen MR) is 96.5 cm³/mol. The number of aromatic nitrogens is 2. The van der Waals surface area contributed by atoms with E-state index in [4.69, 9.17) is 16.3 Å². The number of ether oxygens (including phenoxy) is 1. The molecule has 1 aromatic carbocycles. The molecule has 0 fully saturated rings. The van der Waals surface area contributed by atoms with Gasteiger partial charge in [-0.1, -0.05) is 35.9 Å². The number of pyridine rings is 1. The summed E-state index contributed by atoms with van der Waals surface area (Å²) in [6, 6.07) is 11.5. The lowest BCUT2D eigenvalue weighted by Crippen LogP contribution is -2.27. The van der Waals surface area contributed by atoms with Gasteiger partial charge in [-0.15, -0.1) is 0 Å². The van der Waals surface area contributed by atoms with Crippen molar-refractivity contribution in [1.29, 1.82) is 0 Å². The zero-order valence-electron chi connectivity index (χ0n) is 14.1. The highest BCUT2D eigenvalue weighted by atomic mass is 35.5. The summed E-state index contributed by atoms with van der Waals surface area (Å²) in [7, 11) is 0. The number of aryl methyl sites for hydroxylation is 1. The molecular weight excluding hydrogens is 324 g/mol. The molecule has 0 aliphatic heterocycles. The summed E-state index contributed by atoms with van der Waals surface area (Å²) in [5.74, 6) is 0. The maximum atomic E-state index is 12.8. The van der Waals surface area contributed by atoms with Crippen molar-refractivity contribution in [2.75, 3.05) is 0 Å². The molecule has 0 aliphatic carbocycles. The molecule has 0 N–H and O–H groups in total. The van der Waals surface area contributed by atoms with Crippen LogP contribution < -0.4 is 0 Å². The molecule has 3 rings (SSSR count). The van der Waals surface area contributed by atoms with E-state index in [2.05, 4.69) is 4.98 Å². The number of benzene rings is 1. The van der Waals surface area contributed by atoms with Gasteiger partial charge in [0.1, 0.15) is 10.8 Å². The number of carbonyl (C=O) groups excluding carboxylic acids is 1. The molecule has 0 unspecified atom stereocenters. The van der Waals surface area contributed by atoms with E-state index < -0.39 is 11.7 Å². The lowest BCUT2D eigenvalue weighted by Gasteiger charge is -2.21. The molecule has 5 heteroatoms. The molecule has 0 aliphatic rings. The van der Waals surface area contributed by atoms with Gasteiger partial charge < -0.3 is 4.74 Å². The zero-order chi connectivity index (χ0) is 17.5. The molecule has 0 saturated carbocycles. The van der Waals surface area contributed by atoms with E-state index in [1.54, 1.807) is 16.8 Å². The molecule has 2 aromatic heterocycles. The second-order valence-electron chi connectivity index (χ2n) is 6.73. The Bertz CT molecular complexity index is 923. The standard InChI is InChI=1S/C19H19ClN2O2/c1-12-7-5-6-8-14(12)16-9-13-11-21-17(20)10-15(13)22(16)18(23)24-19(2,3)4/h5-11H,1-4H3. The van der Waals surface area contributed by atoms with E-state index in [1.165, 1.54) is 0 Å². The topological polar surface area (TPSA) is 44.1 Å². The minimum atomic E-state index is -0.590. The highest BCUT2D eigenvalue weighted by Crippen LogP contribution is 2.31. The van der Waals surface area contributed by atoms with Crippen LogP contribution in [0.2, 0.25) is 5.15 Å². The molecule has 24 heavy (non-hydrogen) atoms. The molecule has 3 aromatic rings. The van der Waals surface area contributed by atoms with Crippen molar-refractivity contribution in [2.45, 2.75) is 33.3 Å². The fourth-order valence-electron chi connectivity index (χ4n) is 2.64. The van der Waals surface area contributed by atoms with Crippen LogP contribution in [0.15, 0.2) is 42.6 Å². The van der Waals surface area contributed by atoms with Crippen LogP contribution in [-0.4, -0.2) is 21.2 Å². The largest absolute Gasteiger partial charge is 0.443 e. The van der Waals surface area contributed by atoms with Crippen molar-refractivity contribution in [3.05, 3.63) is 53.3 Å². The van der Waals surface area contributed by atoms with Gasteiger partial charge in [0.25, 0.3) is 0 Å². The van der Waals surface area contributed by atoms with E-state index in [1.807, 2.05) is 58.0 Å². The van der Waals surface area contributed by atoms with E-state index in [0.29, 0.717) is 10.7 Å². The van der Waals surface area contributed by atoms with Crippen molar-refractivity contribution in [3.8, 4) is 11.3 Å². The summed E-state index contributed by atoms with van der Waals surface area (Å²) in [6.45, 7) is 7.55. The molecule has 0 spiro atoms. The molecule has 0 bridgehead atoms. The zero-order valence-corrected chi connectivity index (χ0v) is 14.9. The van der Waals surface area contributed by atoms with Gasteiger partial charge in [-0.05, 0) is 39.3 Å². The van der Waals surface area contributed by atoms with Gasteiger partial charge >= 0.3 is 6.09 Å². The minimum Gasteiger partial charge on any atom is -0.443 e. The predicted octanol–water partition coefficient (Wildman–Crippen LogP) is 5.45. The minimum absolute atomic E-state index is 0.335.